The highest BCUT2D eigenvalue weighted by Gasteiger charge is 1.96. The van der Waals surface area contributed by atoms with E-state index < -0.39 is 0 Å². The Balaban J connectivity index is 3.06. The standard InChI is InChI=1S/C6H5BrINO/c1-10-6-3-4(8)2-5(7)9-6/h2-3H,1H3. The van der Waals surface area contributed by atoms with Crippen molar-refractivity contribution in [2.45, 2.75) is 0 Å². The lowest BCUT2D eigenvalue weighted by molar-refractivity contribution is 0.396. The highest BCUT2D eigenvalue weighted by atomic mass is 127. The minimum absolute atomic E-state index is 0.638. The first-order valence-electron chi connectivity index (χ1n) is 2.59. The Morgan fingerprint density at radius 2 is 2.30 bits per heavy atom. The summed E-state index contributed by atoms with van der Waals surface area (Å²) in [5.41, 5.74) is 0. The van der Waals surface area contributed by atoms with Gasteiger partial charge in [-0.15, -0.1) is 0 Å². The van der Waals surface area contributed by atoms with Crippen LogP contribution in [0, 0.1) is 3.57 Å². The SMILES string of the molecule is COc1cc(I)cc(Br)n1. The Bertz CT molecular complexity index is 221. The van der Waals surface area contributed by atoms with E-state index in [1.165, 1.54) is 0 Å². The van der Waals surface area contributed by atoms with E-state index in [4.69, 9.17) is 4.74 Å². The highest BCUT2D eigenvalue weighted by molar-refractivity contribution is 14.1. The van der Waals surface area contributed by atoms with Gasteiger partial charge in [0.2, 0.25) is 5.88 Å². The van der Waals surface area contributed by atoms with Crippen molar-refractivity contribution in [3.05, 3.63) is 20.3 Å². The van der Waals surface area contributed by atoms with Gasteiger partial charge in [0.15, 0.2) is 0 Å². The molecule has 0 radical (unpaired) electrons. The molecule has 54 valence electrons. The maximum absolute atomic E-state index is 4.93. The molecule has 0 saturated heterocycles. The summed E-state index contributed by atoms with van der Waals surface area (Å²) in [7, 11) is 1.60. The van der Waals surface area contributed by atoms with Crippen LogP contribution in [0.5, 0.6) is 5.88 Å². The van der Waals surface area contributed by atoms with Crippen molar-refractivity contribution in [2.75, 3.05) is 7.11 Å². The molecule has 1 aromatic rings. The second kappa shape index (κ2) is 3.52. The summed E-state index contributed by atoms with van der Waals surface area (Å²) in [5.74, 6) is 0.638. The number of ether oxygens (including phenoxy) is 1. The molecule has 1 aromatic heterocycles. The number of methoxy groups -OCH3 is 1. The maximum Gasteiger partial charge on any atom is 0.215 e. The smallest absolute Gasteiger partial charge is 0.215 e. The van der Waals surface area contributed by atoms with Gasteiger partial charge in [0.1, 0.15) is 4.60 Å². The van der Waals surface area contributed by atoms with Crippen molar-refractivity contribution in [2.24, 2.45) is 0 Å². The minimum atomic E-state index is 0.638. The van der Waals surface area contributed by atoms with E-state index in [9.17, 15) is 0 Å². The van der Waals surface area contributed by atoms with Gasteiger partial charge in [-0.05, 0) is 44.6 Å². The lowest BCUT2D eigenvalue weighted by Gasteiger charge is -1.98. The van der Waals surface area contributed by atoms with Crippen LogP contribution in [0.4, 0.5) is 0 Å². The van der Waals surface area contributed by atoms with E-state index in [1.54, 1.807) is 7.11 Å². The van der Waals surface area contributed by atoms with Crippen LogP contribution < -0.4 is 4.74 Å². The quantitative estimate of drug-likeness (QED) is 0.587. The fourth-order valence-corrected chi connectivity index (χ4v) is 1.96. The maximum atomic E-state index is 4.93. The molecular weight excluding hydrogens is 309 g/mol. The lowest BCUT2D eigenvalue weighted by Crippen LogP contribution is -1.87. The molecule has 0 amide bonds. The Morgan fingerprint density at radius 3 is 2.80 bits per heavy atom. The van der Waals surface area contributed by atoms with E-state index in [2.05, 4.69) is 43.5 Å². The van der Waals surface area contributed by atoms with Crippen molar-refractivity contribution in [1.29, 1.82) is 0 Å². The summed E-state index contributed by atoms with van der Waals surface area (Å²) >= 11 is 5.46. The van der Waals surface area contributed by atoms with Crippen LogP contribution in [0.1, 0.15) is 0 Å². The average Bonchev–Trinajstić information content (AvgIpc) is 1.85. The topological polar surface area (TPSA) is 22.1 Å². The number of rotatable bonds is 1. The third-order valence-corrected chi connectivity index (χ3v) is 1.97. The van der Waals surface area contributed by atoms with Gasteiger partial charge >= 0.3 is 0 Å². The summed E-state index contributed by atoms with van der Waals surface area (Å²) in [4.78, 5) is 4.04. The first-order chi connectivity index (χ1) is 4.72. The van der Waals surface area contributed by atoms with Gasteiger partial charge in [-0.2, -0.15) is 0 Å². The molecule has 0 spiro atoms. The van der Waals surface area contributed by atoms with E-state index >= 15 is 0 Å². The molecule has 0 aliphatic heterocycles. The second-order valence-corrected chi connectivity index (χ2v) is 3.71. The molecule has 1 rings (SSSR count). The van der Waals surface area contributed by atoms with E-state index in [0.717, 1.165) is 8.17 Å². The number of halogens is 2. The van der Waals surface area contributed by atoms with Crippen molar-refractivity contribution < 1.29 is 4.74 Å². The van der Waals surface area contributed by atoms with Crippen molar-refractivity contribution >= 4 is 38.5 Å². The lowest BCUT2D eigenvalue weighted by atomic mass is 10.5. The number of nitrogens with zero attached hydrogens (tertiary/aromatic N) is 1. The average molecular weight is 314 g/mol. The molecule has 1 heterocycles. The van der Waals surface area contributed by atoms with Crippen LogP contribution in [-0.2, 0) is 0 Å². The number of hydrogen-bond acceptors (Lipinski definition) is 2. The van der Waals surface area contributed by atoms with Gasteiger partial charge in [0, 0.05) is 9.64 Å². The molecule has 0 N–H and O–H groups in total. The van der Waals surface area contributed by atoms with Gasteiger partial charge in [-0.25, -0.2) is 4.98 Å². The predicted molar refractivity (Wildman–Crippen MR) is 51.2 cm³/mol. The summed E-state index contributed by atoms with van der Waals surface area (Å²) in [6.07, 6.45) is 0. The first-order valence-corrected chi connectivity index (χ1v) is 4.46. The zero-order valence-corrected chi connectivity index (χ0v) is 9.01. The van der Waals surface area contributed by atoms with Gasteiger partial charge in [-0.1, -0.05) is 0 Å². The molecule has 0 unspecified atom stereocenters. The molecule has 10 heavy (non-hydrogen) atoms. The van der Waals surface area contributed by atoms with Gasteiger partial charge in [0.25, 0.3) is 0 Å². The third-order valence-electron chi connectivity index (χ3n) is 0.944. The molecule has 0 aliphatic rings. The van der Waals surface area contributed by atoms with Gasteiger partial charge < -0.3 is 4.74 Å². The third kappa shape index (κ3) is 2.09. The fourth-order valence-electron chi connectivity index (χ4n) is 0.548. The predicted octanol–water partition coefficient (Wildman–Crippen LogP) is 2.46. The number of aromatic nitrogens is 1. The van der Waals surface area contributed by atoms with Crippen molar-refractivity contribution in [3.8, 4) is 5.88 Å². The van der Waals surface area contributed by atoms with Crippen LogP contribution in [0.2, 0.25) is 0 Å². The van der Waals surface area contributed by atoms with Gasteiger partial charge in [-0.3, -0.25) is 0 Å². The summed E-state index contributed by atoms with van der Waals surface area (Å²) in [6, 6.07) is 3.79. The number of pyridine rings is 1. The molecule has 0 fully saturated rings. The highest BCUT2D eigenvalue weighted by Crippen LogP contribution is 2.17. The molecule has 0 atom stereocenters. The van der Waals surface area contributed by atoms with E-state index in [1.807, 2.05) is 12.1 Å². The Hall–Kier alpha value is 0.160. The van der Waals surface area contributed by atoms with Crippen LogP contribution >= 0.6 is 38.5 Å². The molecule has 4 heteroatoms. The number of hydrogen-bond donors (Lipinski definition) is 0. The molecule has 2 nitrogen and oxygen atoms in total. The molecule has 0 aromatic carbocycles. The van der Waals surface area contributed by atoms with Crippen LogP contribution in [-0.4, -0.2) is 12.1 Å². The normalized spacial score (nSPS) is 9.50. The van der Waals surface area contributed by atoms with Crippen molar-refractivity contribution in [1.82, 2.24) is 4.98 Å². The summed E-state index contributed by atoms with van der Waals surface area (Å²) in [6.45, 7) is 0. The molecule has 0 bridgehead atoms. The van der Waals surface area contributed by atoms with Gasteiger partial charge in [0.05, 0.1) is 7.11 Å². The monoisotopic (exact) mass is 313 g/mol. The summed E-state index contributed by atoms with van der Waals surface area (Å²) < 4.78 is 6.84. The molecule has 0 saturated carbocycles. The van der Waals surface area contributed by atoms with Crippen LogP contribution in [0.25, 0.3) is 0 Å². The fraction of sp³-hybridized carbons (Fsp3) is 0.167. The Labute approximate surface area is 81.3 Å². The second-order valence-electron chi connectivity index (χ2n) is 1.65. The zero-order chi connectivity index (χ0) is 7.56. The van der Waals surface area contributed by atoms with E-state index in [-0.39, 0.29) is 0 Å². The largest absolute Gasteiger partial charge is 0.481 e. The van der Waals surface area contributed by atoms with Crippen molar-refractivity contribution in [3.63, 3.8) is 0 Å². The van der Waals surface area contributed by atoms with Crippen LogP contribution in [0.3, 0.4) is 0 Å². The molecular formula is C6H5BrINO. The summed E-state index contributed by atoms with van der Waals surface area (Å²) in [5, 5.41) is 0. The van der Waals surface area contributed by atoms with Crippen LogP contribution in [0.15, 0.2) is 16.7 Å². The minimum Gasteiger partial charge on any atom is -0.481 e. The molecule has 0 aliphatic carbocycles. The van der Waals surface area contributed by atoms with E-state index in [0.29, 0.717) is 5.88 Å². The Morgan fingerprint density at radius 1 is 1.60 bits per heavy atom. The zero-order valence-electron chi connectivity index (χ0n) is 5.27. The first kappa shape index (κ1) is 8.26. The Kier molecular flexibility index (Phi) is 2.91.